The highest BCUT2D eigenvalue weighted by Gasteiger charge is 2.13. The highest BCUT2D eigenvalue weighted by Crippen LogP contribution is 2.27. The molecule has 2 rings (SSSR count). The van der Waals surface area contributed by atoms with E-state index < -0.39 is 0 Å². The van der Waals surface area contributed by atoms with Crippen LogP contribution in [0.5, 0.6) is 11.5 Å². The fraction of sp³-hybridized carbons (Fsp3) is 0.529. The lowest BCUT2D eigenvalue weighted by Gasteiger charge is -2.21. The van der Waals surface area contributed by atoms with Gasteiger partial charge in [-0.15, -0.1) is 0 Å². The Kier molecular flexibility index (Phi) is 5.93. The van der Waals surface area contributed by atoms with Crippen molar-refractivity contribution in [3.05, 3.63) is 35.9 Å². The van der Waals surface area contributed by atoms with Gasteiger partial charge in [-0.05, 0) is 56.5 Å². The predicted molar refractivity (Wildman–Crippen MR) is 82.4 cm³/mol. The molecule has 0 saturated carbocycles. The van der Waals surface area contributed by atoms with Gasteiger partial charge >= 0.3 is 0 Å². The molecule has 1 aliphatic rings. The summed E-state index contributed by atoms with van der Waals surface area (Å²) in [5.74, 6) is 1.84. The molecule has 110 valence electrons. The highest BCUT2D eigenvalue weighted by atomic mass is 16.5. The van der Waals surface area contributed by atoms with Crippen molar-refractivity contribution in [2.45, 2.75) is 45.3 Å². The number of methoxy groups -OCH3 is 1. The Morgan fingerprint density at radius 3 is 2.95 bits per heavy atom. The van der Waals surface area contributed by atoms with Crippen LogP contribution in [0.25, 0.3) is 0 Å². The average molecular weight is 275 g/mol. The molecule has 0 saturated heterocycles. The van der Waals surface area contributed by atoms with Crippen molar-refractivity contribution in [2.75, 3.05) is 13.7 Å². The Morgan fingerprint density at radius 2 is 2.25 bits per heavy atom. The number of allylic oxidation sites excluding steroid dienone is 1. The van der Waals surface area contributed by atoms with E-state index in [0.717, 1.165) is 43.0 Å². The molecule has 0 heterocycles. The molecule has 0 fully saturated rings. The van der Waals surface area contributed by atoms with Gasteiger partial charge in [-0.1, -0.05) is 13.0 Å². The second kappa shape index (κ2) is 7.95. The van der Waals surface area contributed by atoms with Gasteiger partial charge in [0, 0.05) is 12.1 Å². The van der Waals surface area contributed by atoms with E-state index >= 15 is 0 Å². The van der Waals surface area contributed by atoms with Crippen LogP contribution in [0.3, 0.4) is 0 Å². The summed E-state index contributed by atoms with van der Waals surface area (Å²) in [6, 6.07) is 6.04. The standard InChI is InChI=1S/C17H25NO2/c1-3-11-18-13-14-12-16(19-2)9-10-17(14)20-15-7-5-4-6-8-15/h5,7,9-10,12,15,18H,3-4,6,8,11,13H2,1-2H3. The molecule has 1 N–H and O–H groups in total. The molecule has 0 amide bonds. The molecule has 3 nitrogen and oxygen atoms in total. The van der Waals surface area contributed by atoms with Gasteiger partial charge in [0.25, 0.3) is 0 Å². The molecule has 0 aromatic heterocycles. The van der Waals surface area contributed by atoms with Gasteiger partial charge < -0.3 is 14.8 Å². The molecular weight excluding hydrogens is 250 g/mol. The van der Waals surface area contributed by atoms with E-state index in [1.54, 1.807) is 7.11 Å². The summed E-state index contributed by atoms with van der Waals surface area (Å²) in [7, 11) is 1.70. The zero-order valence-electron chi connectivity index (χ0n) is 12.5. The van der Waals surface area contributed by atoms with E-state index in [1.165, 1.54) is 12.8 Å². The van der Waals surface area contributed by atoms with Crippen LogP contribution < -0.4 is 14.8 Å². The van der Waals surface area contributed by atoms with Gasteiger partial charge in [0.1, 0.15) is 17.6 Å². The van der Waals surface area contributed by atoms with Gasteiger partial charge in [0.15, 0.2) is 0 Å². The van der Waals surface area contributed by atoms with Gasteiger partial charge in [-0.25, -0.2) is 0 Å². The number of hydrogen-bond acceptors (Lipinski definition) is 3. The minimum absolute atomic E-state index is 0.210. The third-order valence-electron chi connectivity index (χ3n) is 3.50. The summed E-state index contributed by atoms with van der Waals surface area (Å²) in [6.07, 6.45) is 9.22. The lowest BCUT2D eigenvalue weighted by Crippen LogP contribution is -2.19. The van der Waals surface area contributed by atoms with Crippen LogP contribution in [-0.4, -0.2) is 19.8 Å². The Hall–Kier alpha value is -1.48. The number of ether oxygens (including phenoxy) is 2. The van der Waals surface area contributed by atoms with Crippen molar-refractivity contribution in [3.63, 3.8) is 0 Å². The smallest absolute Gasteiger partial charge is 0.124 e. The SMILES string of the molecule is CCCNCc1cc(OC)ccc1OC1C=CCCC1. The lowest BCUT2D eigenvalue weighted by atomic mass is 10.1. The van der Waals surface area contributed by atoms with E-state index in [-0.39, 0.29) is 6.10 Å². The van der Waals surface area contributed by atoms with Crippen molar-refractivity contribution in [1.82, 2.24) is 5.32 Å². The summed E-state index contributed by atoms with van der Waals surface area (Å²) in [4.78, 5) is 0. The molecule has 20 heavy (non-hydrogen) atoms. The van der Waals surface area contributed by atoms with E-state index in [4.69, 9.17) is 9.47 Å². The van der Waals surface area contributed by atoms with Crippen molar-refractivity contribution in [1.29, 1.82) is 0 Å². The predicted octanol–water partition coefficient (Wildman–Crippen LogP) is 3.68. The number of nitrogens with one attached hydrogen (secondary N) is 1. The zero-order chi connectivity index (χ0) is 14.2. The summed E-state index contributed by atoms with van der Waals surface area (Å²) < 4.78 is 11.4. The molecule has 0 bridgehead atoms. The minimum atomic E-state index is 0.210. The van der Waals surface area contributed by atoms with Crippen molar-refractivity contribution < 1.29 is 9.47 Å². The topological polar surface area (TPSA) is 30.5 Å². The summed E-state index contributed by atoms with van der Waals surface area (Å²) in [5.41, 5.74) is 1.16. The molecule has 1 unspecified atom stereocenters. The first-order valence-corrected chi connectivity index (χ1v) is 7.54. The van der Waals surface area contributed by atoms with E-state index in [9.17, 15) is 0 Å². The number of rotatable bonds is 7. The first-order chi connectivity index (χ1) is 9.83. The maximum absolute atomic E-state index is 6.13. The summed E-state index contributed by atoms with van der Waals surface area (Å²) in [6.45, 7) is 4.00. The largest absolute Gasteiger partial charge is 0.497 e. The lowest BCUT2D eigenvalue weighted by molar-refractivity contribution is 0.227. The highest BCUT2D eigenvalue weighted by molar-refractivity contribution is 5.40. The molecule has 3 heteroatoms. The Bertz CT molecular complexity index is 443. The van der Waals surface area contributed by atoms with Crippen LogP contribution in [-0.2, 0) is 6.54 Å². The second-order valence-electron chi connectivity index (χ2n) is 5.17. The molecule has 1 atom stereocenters. The maximum Gasteiger partial charge on any atom is 0.124 e. The van der Waals surface area contributed by atoms with Crippen LogP contribution in [0, 0.1) is 0 Å². The molecule has 0 spiro atoms. The van der Waals surface area contributed by atoms with Crippen LogP contribution in [0.2, 0.25) is 0 Å². The fourth-order valence-electron chi connectivity index (χ4n) is 2.38. The Labute approximate surface area is 122 Å². The minimum Gasteiger partial charge on any atom is -0.497 e. The van der Waals surface area contributed by atoms with Crippen LogP contribution in [0.4, 0.5) is 0 Å². The zero-order valence-corrected chi connectivity index (χ0v) is 12.5. The van der Waals surface area contributed by atoms with Crippen molar-refractivity contribution >= 4 is 0 Å². The van der Waals surface area contributed by atoms with Crippen molar-refractivity contribution in [3.8, 4) is 11.5 Å². The molecule has 0 aliphatic heterocycles. The monoisotopic (exact) mass is 275 g/mol. The second-order valence-corrected chi connectivity index (χ2v) is 5.17. The molecular formula is C17H25NO2. The van der Waals surface area contributed by atoms with E-state index in [2.05, 4.69) is 30.5 Å². The quantitative estimate of drug-likeness (QED) is 0.608. The summed E-state index contributed by atoms with van der Waals surface area (Å²) in [5, 5.41) is 3.43. The fourth-order valence-corrected chi connectivity index (χ4v) is 2.38. The van der Waals surface area contributed by atoms with Crippen molar-refractivity contribution in [2.24, 2.45) is 0 Å². The molecule has 1 aromatic rings. The Balaban J connectivity index is 2.08. The number of benzene rings is 1. The maximum atomic E-state index is 6.13. The molecule has 1 aliphatic carbocycles. The van der Waals surface area contributed by atoms with Crippen LogP contribution >= 0.6 is 0 Å². The Morgan fingerprint density at radius 1 is 1.35 bits per heavy atom. The molecule has 0 radical (unpaired) electrons. The first-order valence-electron chi connectivity index (χ1n) is 7.54. The normalized spacial score (nSPS) is 18.0. The van der Waals surface area contributed by atoms with Gasteiger partial charge in [-0.2, -0.15) is 0 Å². The van der Waals surface area contributed by atoms with E-state index in [0.29, 0.717) is 0 Å². The van der Waals surface area contributed by atoms with Crippen LogP contribution in [0.15, 0.2) is 30.4 Å². The average Bonchev–Trinajstić information content (AvgIpc) is 2.50. The third kappa shape index (κ3) is 4.27. The number of hydrogen-bond donors (Lipinski definition) is 1. The molecule has 1 aromatic carbocycles. The third-order valence-corrected chi connectivity index (χ3v) is 3.50. The van der Waals surface area contributed by atoms with Gasteiger partial charge in [-0.3, -0.25) is 0 Å². The van der Waals surface area contributed by atoms with Gasteiger partial charge in [0.2, 0.25) is 0 Å². The summed E-state index contributed by atoms with van der Waals surface area (Å²) >= 11 is 0. The van der Waals surface area contributed by atoms with E-state index in [1.807, 2.05) is 12.1 Å². The first kappa shape index (κ1) is 14.9. The van der Waals surface area contributed by atoms with Crippen LogP contribution in [0.1, 0.15) is 38.2 Å². The van der Waals surface area contributed by atoms with Gasteiger partial charge in [0.05, 0.1) is 7.11 Å².